The first-order valence-electron chi connectivity index (χ1n) is 5.88. The monoisotopic (exact) mass is 214 g/mol. The van der Waals surface area contributed by atoms with E-state index in [1.807, 2.05) is 12.1 Å². The van der Waals surface area contributed by atoms with Crippen LogP contribution in [-0.2, 0) is 0 Å². The zero-order valence-electron chi connectivity index (χ0n) is 9.10. The molecule has 0 N–H and O–H groups in total. The zero-order valence-corrected chi connectivity index (χ0v) is 9.10. The number of fused-ring (bicyclic) bond motifs is 2. The van der Waals surface area contributed by atoms with Crippen LogP contribution in [0.5, 0.6) is 5.75 Å². The molecular formula is C13H14N2O. The molecule has 82 valence electrons. The van der Waals surface area contributed by atoms with Gasteiger partial charge in [-0.3, -0.25) is 0 Å². The minimum absolute atomic E-state index is 0.368. The van der Waals surface area contributed by atoms with Crippen LogP contribution in [0.3, 0.4) is 0 Å². The Labute approximate surface area is 95.1 Å². The predicted octanol–water partition coefficient (Wildman–Crippen LogP) is 2.52. The fourth-order valence-corrected chi connectivity index (χ4v) is 3.05. The van der Waals surface area contributed by atoms with Gasteiger partial charge >= 0.3 is 0 Å². The maximum atomic E-state index is 8.76. The summed E-state index contributed by atoms with van der Waals surface area (Å²) in [6, 6.07) is 5.60. The van der Waals surface area contributed by atoms with E-state index in [2.05, 4.69) is 4.98 Å². The van der Waals surface area contributed by atoms with Crippen LogP contribution >= 0.6 is 0 Å². The molecule has 3 atom stereocenters. The van der Waals surface area contributed by atoms with Gasteiger partial charge in [-0.25, -0.2) is 4.98 Å². The summed E-state index contributed by atoms with van der Waals surface area (Å²) in [6.07, 6.45) is 7.22. The molecule has 3 unspecified atom stereocenters. The molecular weight excluding hydrogens is 200 g/mol. The molecule has 2 aliphatic rings. The maximum absolute atomic E-state index is 8.76. The van der Waals surface area contributed by atoms with Crippen LogP contribution in [0.15, 0.2) is 18.3 Å². The third-order valence-electron chi connectivity index (χ3n) is 3.81. The van der Waals surface area contributed by atoms with Crippen molar-refractivity contribution < 1.29 is 4.74 Å². The summed E-state index contributed by atoms with van der Waals surface area (Å²) < 4.78 is 5.96. The summed E-state index contributed by atoms with van der Waals surface area (Å²) in [5.74, 6) is 2.42. The van der Waals surface area contributed by atoms with Gasteiger partial charge in [0, 0.05) is 12.3 Å². The number of nitriles is 1. The highest BCUT2D eigenvalue weighted by atomic mass is 16.5. The molecule has 0 aliphatic heterocycles. The number of hydrogen-bond acceptors (Lipinski definition) is 3. The molecule has 3 heteroatoms. The van der Waals surface area contributed by atoms with Gasteiger partial charge in [0.2, 0.25) is 0 Å². The SMILES string of the molecule is N#Cc1cc(OC2CC3CCC2C3)ccn1. The van der Waals surface area contributed by atoms with Gasteiger partial charge < -0.3 is 4.74 Å². The van der Waals surface area contributed by atoms with Gasteiger partial charge in [0.1, 0.15) is 23.6 Å². The Morgan fingerprint density at radius 1 is 1.38 bits per heavy atom. The van der Waals surface area contributed by atoms with Crippen LogP contribution in [0.25, 0.3) is 0 Å². The highest BCUT2D eigenvalue weighted by Crippen LogP contribution is 2.45. The molecule has 16 heavy (non-hydrogen) atoms. The van der Waals surface area contributed by atoms with Gasteiger partial charge in [0.15, 0.2) is 0 Å². The molecule has 0 amide bonds. The third kappa shape index (κ3) is 1.65. The highest BCUT2D eigenvalue weighted by Gasteiger charge is 2.40. The van der Waals surface area contributed by atoms with Crippen LogP contribution in [0, 0.1) is 23.2 Å². The van der Waals surface area contributed by atoms with Crippen molar-refractivity contribution in [1.82, 2.24) is 4.98 Å². The number of pyridine rings is 1. The summed E-state index contributed by atoms with van der Waals surface area (Å²) in [6.45, 7) is 0. The van der Waals surface area contributed by atoms with E-state index in [1.165, 1.54) is 25.7 Å². The van der Waals surface area contributed by atoms with Gasteiger partial charge in [-0.15, -0.1) is 0 Å². The topological polar surface area (TPSA) is 45.9 Å². The Morgan fingerprint density at radius 2 is 2.31 bits per heavy atom. The van der Waals surface area contributed by atoms with E-state index in [1.54, 1.807) is 12.3 Å². The molecule has 2 aliphatic carbocycles. The Kier molecular flexibility index (Phi) is 2.28. The second-order valence-electron chi connectivity index (χ2n) is 4.82. The van der Waals surface area contributed by atoms with E-state index < -0.39 is 0 Å². The van der Waals surface area contributed by atoms with Crippen molar-refractivity contribution in [3.63, 3.8) is 0 Å². The van der Waals surface area contributed by atoms with Crippen LogP contribution in [0.4, 0.5) is 0 Å². The minimum Gasteiger partial charge on any atom is -0.490 e. The molecule has 1 aromatic heterocycles. The summed E-state index contributed by atoms with van der Waals surface area (Å²) in [7, 11) is 0. The lowest BCUT2D eigenvalue weighted by atomic mass is 9.98. The van der Waals surface area contributed by atoms with Crippen molar-refractivity contribution in [1.29, 1.82) is 5.26 Å². The lowest BCUT2D eigenvalue weighted by Gasteiger charge is -2.22. The van der Waals surface area contributed by atoms with Crippen molar-refractivity contribution in [2.24, 2.45) is 11.8 Å². The molecule has 2 fully saturated rings. The molecule has 0 spiro atoms. The van der Waals surface area contributed by atoms with Gasteiger partial charge in [-0.05, 0) is 43.6 Å². The summed E-state index contributed by atoms with van der Waals surface area (Å²) in [5, 5.41) is 8.76. The van der Waals surface area contributed by atoms with Crippen molar-refractivity contribution >= 4 is 0 Å². The van der Waals surface area contributed by atoms with E-state index in [0.717, 1.165) is 17.6 Å². The van der Waals surface area contributed by atoms with Gasteiger partial charge in [-0.2, -0.15) is 5.26 Å². The Morgan fingerprint density at radius 3 is 3.00 bits per heavy atom. The first-order chi connectivity index (χ1) is 7.85. The quantitative estimate of drug-likeness (QED) is 0.760. The van der Waals surface area contributed by atoms with Crippen molar-refractivity contribution in [3.05, 3.63) is 24.0 Å². The van der Waals surface area contributed by atoms with E-state index in [4.69, 9.17) is 10.00 Å². The van der Waals surface area contributed by atoms with Crippen LogP contribution in [-0.4, -0.2) is 11.1 Å². The Hall–Kier alpha value is -1.56. The van der Waals surface area contributed by atoms with Gasteiger partial charge in [-0.1, -0.05) is 0 Å². The normalized spacial score (nSPS) is 31.3. The number of aromatic nitrogens is 1. The lowest BCUT2D eigenvalue weighted by molar-refractivity contribution is 0.138. The molecule has 2 bridgehead atoms. The molecule has 3 rings (SSSR count). The predicted molar refractivity (Wildman–Crippen MR) is 58.8 cm³/mol. The average molecular weight is 214 g/mol. The largest absolute Gasteiger partial charge is 0.490 e. The maximum Gasteiger partial charge on any atom is 0.144 e. The average Bonchev–Trinajstić information content (AvgIpc) is 2.91. The number of rotatable bonds is 2. The lowest BCUT2D eigenvalue weighted by Crippen LogP contribution is -2.23. The zero-order chi connectivity index (χ0) is 11.0. The summed E-state index contributed by atoms with van der Waals surface area (Å²) >= 11 is 0. The van der Waals surface area contributed by atoms with Gasteiger partial charge in [0.25, 0.3) is 0 Å². The van der Waals surface area contributed by atoms with E-state index in [-0.39, 0.29) is 0 Å². The smallest absolute Gasteiger partial charge is 0.144 e. The third-order valence-corrected chi connectivity index (χ3v) is 3.81. The highest BCUT2D eigenvalue weighted by molar-refractivity contribution is 5.30. The summed E-state index contributed by atoms with van der Waals surface area (Å²) in [5.41, 5.74) is 0.431. The van der Waals surface area contributed by atoms with E-state index in [0.29, 0.717) is 11.8 Å². The summed E-state index contributed by atoms with van der Waals surface area (Å²) in [4.78, 5) is 3.94. The Bertz CT molecular complexity index is 438. The van der Waals surface area contributed by atoms with Crippen LogP contribution in [0.1, 0.15) is 31.4 Å². The molecule has 3 nitrogen and oxygen atoms in total. The second kappa shape index (κ2) is 3.79. The first-order valence-corrected chi connectivity index (χ1v) is 5.88. The Balaban J connectivity index is 1.72. The standard InChI is InChI=1S/C13H14N2O/c14-8-11-7-12(3-4-15-11)16-13-6-9-1-2-10(13)5-9/h3-4,7,9-10,13H,1-2,5-6H2. The fraction of sp³-hybridized carbons (Fsp3) is 0.538. The fourth-order valence-electron chi connectivity index (χ4n) is 3.05. The van der Waals surface area contributed by atoms with Crippen LogP contribution < -0.4 is 4.74 Å². The molecule has 1 aromatic rings. The molecule has 2 saturated carbocycles. The van der Waals surface area contributed by atoms with Gasteiger partial charge in [0.05, 0.1) is 0 Å². The number of hydrogen-bond donors (Lipinski definition) is 0. The van der Waals surface area contributed by atoms with E-state index in [9.17, 15) is 0 Å². The first kappa shape index (κ1) is 9.65. The second-order valence-corrected chi connectivity index (χ2v) is 4.82. The molecule has 1 heterocycles. The number of ether oxygens (including phenoxy) is 1. The van der Waals surface area contributed by atoms with Crippen molar-refractivity contribution in [3.8, 4) is 11.8 Å². The van der Waals surface area contributed by atoms with E-state index >= 15 is 0 Å². The van der Waals surface area contributed by atoms with Crippen molar-refractivity contribution in [2.45, 2.75) is 31.8 Å². The van der Waals surface area contributed by atoms with Crippen molar-refractivity contribution in [2.75, 3.05) is 0 Å². The molecule has 0 aromatic carbocycles. The van der Waals surface area contributed by atoms with Crippen LogP contribution in [0.2, 0.25) is 0 Å². The molecule has 0 radical (unpaired) electrons. The minimum atomic E-state index is 0.368. The molecule has 0 saturated heterocycles. The number of nitrogens with zero attached hydrogens (tertiary/aromatic N) is 2.